The van der Waals surface area contributed by atoms with Gasteiger partial charge in [0, 0.05) is 36.1 Å². The van der Waals surface area contributed by atoms with Crippen molar-refractivity contribution < 1.29 is 28.3 Å². The summed E-state index contributed by atoms with van der Waals surface area (Å²) in [6, 6.07) is 5.02. The number of esters is 1. The Bertz CT molecular complexity index is 903. The number of morpholine rings is 1. The number of benzene rings is 1. The smallest absolute Gasteiger partial charge is 0.375 e. The summed E-state index contributed by atoms with van der Waals surface area (Å²) in [7, 11) is 1.49. The minimum absolute atomic E-state index is 0.0251. The molecule has 1 aliphatic rings. The molecular formula is C19H21ClN2O6. The van der Waals surface area contributed by atoms with Gasteiger partial charge in [-0.25, -0.2) is 4.79 Å². The molecule has 150 valence electrons. The zero-order valence-corrected chi connectivity index (χ0v) is 16.5. The second-order valence-electron chi connectivity index (χ2n) is 6.52. The molecule has 1 fully saturated rings. The summed E-state index contributed by atoms with van der Waals surface area (Å²) in [5.41, 5.74) is 1.10. The number of amides is 2. The molecule has 1 aromatic carbocycles. The molecule has 3 rings (SSSR count). The Balaban J connectivity index is 1.55. The lowest BCUT2D eigenvalue weighted by Crippen LogP contribution is -2.46. The molecule has 0 N–H and O–H groups in total. The highest BCUT2D eigenvalue weighted by atomic mass is 35.5. The Morgan fingerprint density at radius 1 is 1.25 bits per heavy atom. The average Bonchev–Trinajstić information content (AvgIpc) is 3.02. The van der Waals surface area contributed by atoms with Crippen LogP contribution in [0.3, 0.4) is 0 Å². The minimum Gasteiger partial charge on any atom is -0.450 e. The standard InChI is InChI=1S/C19H21ClN2O6/c1-12-14-9-13(20)3-4-15(14)28-18(12)19(25)27-11-17(24)21(2)10-16(23)22-5-7-26-8-6-22/h3-4,9H,5-8,10-11H2,1-2H3. The zero-order chi connectivity index (χ0) is 20.3. The SMILES string of the molecule is Cc1c(C(=O)OCC(=O)N(C)CC(=O)N2CCOCC2)oc2ccc(Cl)cc12. The lowest BCUT2D eigenvalue weighted by molar-refractivity contribution is -0.143. The Morgan fingerprint density at radius 2 is 1.96 bits per heavy atom. The van der Waals surface area contributed by atoms with E-state index in [0.29, 0.717) is 47.9 Å². The predicted octanol–water partition coefficient (Wildman–Crippen LogP) is 1.87. The van der Waals surface area contributed by atoms with Gasteiger partial charge in [0.15, 0.2) is 6.61 Å². The van der Waals surface area contributed by atoms with Gasteiger partial charge in [0.1, 0.15) is 5.58 Å². The van der Waals surface area contributed by atoms with Crippen LogP contribution in [0.2, 0.25) is 5.02 Å². The molecule has 0 bridgehead atoms. The number of halogens is 1. The van der Waals surface area contributed by atoms with E-state index in [2.05, 4.69) is 0 Å². The second-order valence-corrected chi connectivity index (χ2v) is 6.95. The average molecular weight is 409 g/mol. The van der Waals surface area contributed by atoms with Gasteiger partial charge in [-0.3, -0.25) is 9.59 Å². The quantitative estimate of drug-likeness (QED) is 0.702. The third-order valence-electron chi connectivity index (χ3n) is 4.57. The van der Waals surface area contributed by atoms with E-state index in [4.69, 9.17) is 25.5 Å². The number of carbonyl (C=O) groups is 3. The molecule has 2 amide bonds. The van der Waals surface area contributed by atoms with E-state index in [-0.39, 0.29) is 18.2 Å². The Hall–Kier alpha value is -2.58. The van der Waals surface area contributed by atoms with Crippen molar-refractivity contribution in [3.05, 3.63) is 34.5 Å². The van der Waals surface area contributed by atoms with Crippen LogP contribution >= 0.6 is 11.6 Å². The molecule has 28 heavy (non-hydrogen) atoms. The zero-order valence-electron chi connectivity index (χ0n) is 15.7. The number of fused-ring (bicyclic) bond motifs is 1. The molecule has 9 heteroatoms. The van der Waals surface area contributed by atoms with Crippen molar-refractivity contribution in [3.63, 3.8) is 0 Å². The van der Waals surface area contributed by atoms with Crippen LogP contribution in [0.25, 0.3) is 11.0 Å². The molecule has 8 nitrogen and oxygen atoms in total. The van der Waals surface area contributed by atoms with Gasteiger partial charge in [0.2, 0.25) is 11.7 Å². The van der Waals surface area contributed by atoms with Crippen molar-refractivity contribution >= 4 is 40.4 Å². The molecular weight excluding hydrogens is 388 g/mol. The summed E-state index contributed by atoms with van der Waals surface area (Å²) in [6.45, 7) is 3.14. The summed E-state index contributed by atoms with van der Waals surface area (Å²) in [5.74, 6) is -1.37. The molecule has 0 saturated carbocycles. The van der Waals surface area contributed by atoms with Crippen LogP contribution in [0.1, 0.15) is 16.1 Å². The maximum Gasteiger partial charge on any atom is 0.375 e. The number of furan rings is 1. The van der Waals surface area contributed by atoms with Crippen LogP contribution < -0.4 is 0 Å². The van der Waals surface area contributed by atoms with Crippen molar-refractivity contribution in [2.24, 2.45) is 0 Å². The van der Waals surface area contributed by atoms with E-state index in [1.54, 1.807) is 30.0 Å². The van der Waals surface area contributed by atoms with Gasteiger partial charge in [-0.05, 0) is 25.1 Å². The minimum atomic E-state index is -0.744. The van der Waals surface area contributed by atoms with Gasteiger partial charge in [-0.2, -0.15) is 0 Å². The van der Waals surface area contributed by atoms with E-state index in [1.807, 2.05) is 0 Å². The summed E-state index contributed by atoms with van der Waals surface area (Å²) < 4.78 is 15.8. The molecule has 0 aliphatic carbocycles. The molecule has 1 saturated heterocycles. The Morgan fingerprint density at radius 3 is 2.68 bits per heavy atom. The third kappa shape index (κ3) is 4.45. The normalized spacial score (nSPS) is 14.2. The second kappa shape index (κ2) is 8.62. The van der Waals surface area contributed by atoms with Crippen molar-refractivity contribution in [2.45, 2.75) is 6.92 Å². The summed E-state index contributed by atoms with van der Waals surface area (Å²) >= 11 is 5.97. The van der Waals surface area contributed by atoms with Gasteiger partial charge < -0.3 is 23.7 Å². The highest BCUT2D eigenvalue weighted by Gasteiger charge is 2.23. The number of ether oxygens (including phenoxy) is 2. The van der Waals surface area contributed by atoms with E-state index < -0.39 is 18.5 Å². The third-order valence-corrected chi connectivity index (χ3v) is 4.81. The molecule has 2 heterocycles. The topological polar surface area (TPSA) is 89.3 Å². The predicted molar refractivity (Wildman–Crippen MR) is 101 cm³/mol. The highest BCUT2D eigenvalue weighted by Crippen LogP contribution is 2.28. The van der Waals surface area contributed by atoms with Gasteiger partial charge in [-0.15, -0.1) is 0 Å². The number of likely N-dealkylation sites (N-methyl/N-ethyl adjacent to an activating group) is 1. The number of aryl methyl sites for hydroxylation is 1. The van der Waals surface area contributed by atoms with Crippen molar-refractivity contribution in [1.82, 2.24) is 9.80 Å². The number of carbonyl (C=O) groups excluding carboxylic acids is 3. The van der Waals surface area contributed by atoms with Gasteiger partial charge in [0.05, 0.1) is 19.8 Å². The maximum absolute atomic E-state index is 12.3. The Kier molecular flexibility index (Phi) is 6.21. The van der Waals surface area contributed by atoms with Gasteiger partial charge in [0.25, 0.3) is 5.91 Å². The lowest BCUT2D eigenvalue weighted by atomic mass is 10.1. The molecule has 1 aliphatic heterocycles. The first-order valence-electron chi connectivity index (χ1n) is 8.82. The van der Waals surface area contributed by atoms with Crippen LogP contribution in [0.15, 0.2) is 22.6 Å². The lowest BCUT2D eigenvalue weighted by Gasteiger charge is -2.28. The number of hydrogen-bond donors (Lipinski definition) is 0. The molecule has 0 atom stereocenters. The molecule has 1 aromatic heterocycles. The van der Waals surface area contributed by atoms with Crippen LogP contribution in [0.4, 0.5) is 0 Å². The van der Waals surface area contributed by atoms with E-state index in [9.17, 15) is 14.4 Å². The summed E-state index contributed by atoms with van der Waals surface area (Å²) in [6.07, 6.45) is 0. The van der Waals surface area contributed by atoms with Crippen LogP contribution in [-0.2, 0) is 19.1 Å². The van der Waals surface area contributed by atoms with Crippen LogP contribution in [0, 0.1) is 6.92 Å². The first kappa shape index (κ1) is 20.2. The molecule has 2 aromatic rings. The number of nitrogens with zero attached hydrogens (tertiary/aromatic N) is 2. The number of hydrogen-bond acceptors (Lipinski definition) is 6. The summed E-state index contributed by atoms with van der Waals surface area (Å²) in [5, 5.41) is 1.23. The van der Waals surface area contributed by atoms with E-state index >= 15 is 0 Å². The molecule has 0 radical (unpaired) electrons. The van der Waals surface area contributed by atoms with Crippen molar-refractivity contribution in [1.29, 1.82) is 0 Å². The van der Waals surface area contributed by atoms with E-state index in [0.717, 1.165) is 0 Å². The van der Waals surface area contributed by atoms with Gasteiger partial charge in [-0.1, -0.05) is 11.6 Å². The highest BCUT2D eigenvalue weighted by molar-refractivity contribution is 6.31. The van der Waals surface area contributed by atoms with Gasteiger partial charge >= 0.3 is 5.97 Å². The van der Waals surface area contributed by atoms with Crippen molar-refractivity contribution in [2.75, 3.05) is 46.5 Å². The Labute approximate surface area is 166 Å². The largest absolute Gasteiger partial charge is 0.450 e. The number of rotatable bonds is 5. The fraction of sp³-hybridized carbons (Fsp3) is 0.421. The molecule has 0 spiro atoms. The van der Waals surface area contributed by atoms with Crippen molar-refractivity contribution in [3.8, 4) is 0 Å². The van der Waals surface area contributed by atoms with Crippen LogP contribution in [-0.4, -0.2) is 74.1 Å². The van der Waals surface area contributed by atoms with Crippen LogP contribution in [0.5, 0.6) is 0 Å². The first-order valence-corrected chi connectivity index (χ1v) is 9.20. The monoisotopic (exact) mass is 408 g/mol. The fourth-order valence-corrected chi connectivity index (χ4v) is 3.07. The maximum atomic E-state index is 12.3. The first-order chi connectivity index (χ1) is 13.4. The molecule has 0 unspecified atom stereocenters. The fourth-order valence-electron chi connectivity index (χ4n) is 2.89. The summed E-state index contributed by atoms with van der Waals surface area (Å²) in [4.78, 5) is 39.6. The van der Waals surface area contributed by atoms with E-state index in [1.165, 1.54) is 11.9 Å².